The van der Waals surface area contributed by atoms with Crippen molar-refractivity contribution in [2.45, 2.75) is 38.6 Å². The van der Waals surface area contributed by atoms with Crippen molar-refractivity contribution in [2.24, 2.45) is 0 Å². The SMILES string of the molecule is CCc1ccc(-c2c(C)sc3ncnc(SCCC(C)=O)c23)cc1. The van der Waals surface area contributed by atoms with E-state index in [1.807, 2.05) is 0 Å². The van der Waals surface area contributed by atoms with Crippen molar-refractivity contribution in [3.63, 3.8) is 0 Å². The molecule has 0 N–H and O–H groups in total. The molecular formula is C19H20N2OS2. The number of benzene rings is 1. The average Bonchev–Trinajstić information content (AvgIpc) is 2.91. The third-order valence-electron chi connectivity index (χ3n) is 3.97. The lowest BCUT2D eigenvalue weighted by atomic mass is 10.0. The Hall–Kier alpha value is -1.72. The number of fused-ring (bicyclic) bond motifs is 1. The summed E-state index contributed by atoms with van der Waals surface area (Å²) in [6.07, 6.45) is 3.23. The molecule has 0 aliphatic carbocycles. The summed E-state index contributed by atoms with van der Waals surface area (Å²) in [5.74, 6) is 0.967. The molecule has 3 nitrogen and oxygen atoms in total. The molecule has 0 radical (unpaired) electrons. The van der Waals surface area contributed by atoms with Crippen molar-refractivity contribution in [1.82, 2.24) is 9.97 Å². The molecule has 124 valence electrons. The number of Topliss-reactive ketones (excluding diaryl/α,β-unsaturated/α-hetero) is 1. The molecule has 0 saturated carbocycles. The fraction of sp³-hybridized carbons (Fsp3) is 0.316. The number of thiophene rings is 1. The number of hydrogen-bond acceptors (Lipinski definition) is 5. The summed E-state index contributed by atoms with van der Waals surface area (Å²) in [6.45, 7) is 5.93. The van der Waals surface area contributed by atoms with Crippen LogP contribution in [0.5, 0.6) is 0 Å². The van der Waals surface area contributed by atoms with E-state index in [-0.39, 0.29) is 5.78 Å². The van der Waals surface area contributed by atoms with Gasteiger partial charge in [-0.05, 0) is 31.4 Å². The molecule has 0 aliphatic heterocycles. The van der Waals surface area contributed by atoms with Crippen molar-refractivity contribution in [3.8, 4) is 11.1 Å². The minimum atomic E-state index is 0.213. The Labute approximate surface area is 150 Å². The van der Waals surface area contributed by atoms with Gasteiger partial charge in [0.25, 0.3) is 0 Å². The lowest BCUT2D eigenvalue weighted by Gasteiger charge is -2.07. The van der Waals surface area contributed by atoms with Crippen molar-refractivity contribution in [2.75, 3.05) is 5.75 Å². The first kappa shape index (κ1) is 17.1. The minimum Gasteiger partial charge on any atom is -0.300 e. The summed E-state index contributed by atoms with van der Waals surface area (Å²) in [5.41, 5.74) is 3.77. The van der Waals surface area contributed by atoms with E-state index in [0.717, 1.165) is 27.4 Å². The maximum absolute atomic E-state index is 11.2. The van der Waals surface area contributed by atoms with Crippen LogP contribution in [0.25, 0.3) is 21.3 Å². The molecule has 0 aliphatic rings. The normalized spacial score (nSPS) is 11.1. The number of rotatable bonds is 6. The lowest BCUT2D eigenvalue weighted by Crippen LogP contribution is -1.93. The third kappa shape index (κ3) is 3.52. The highest BCUT2D eigenvalue weighted by molar-refractivity contribution is 7.99. The van der Waals surface area contributed by atoms with E-state index in [1.165, 1.54) is 21.6 Å². The summed E-state index contributed by atoms with van der Waals surface area (Å²) < 4.78 is 0. The van der Waals surface area contributed by atoms with E-state index in [2.05, 4.69) is 48.1 Å². The fourth-order valence-corrected chi connectivity index (χ4v) is 4.80. The zero-order valence-electron chi connectivity index (χ0n) is 14.1. The summed E-state index contributed by atoms with van der Waals surface area (Å²) in [4.78, 5) is 22.4. The standard InChI is InChI=1S/C19H20N2OS2/c1-4-14-5-7-15(8-6-14)16-13(3)24-19-17(16)18(20-11-21-19)23-10-9-12(2)22/h5-8,11H,4,9-10H2,1-3H3. The molecule has 0 fully saturated rings. The van der Waals surface area contributed by atoms with Gasteiger partial charge in [-0.2, -0.15) is 0 Å². The highest BCUT2D eigenvalue weighted by Crippen LogP contribution is 2.41. The molecule has 5 heteroatoms. The van der Waals surface area contributed by atoms with Gasteiger partial charge in [0.15, 0.2) is 0 Å². The first-order valence-electron chi connectivity index (χ1n) is 8.05. The number of ketones is 1. The molecule has 0 atom stereocenters. The highest BCUT2D eigenvalue weighted by atomic mass is 32.2. The molecule has 24 heavy (non-hydrogen) atoms. The monoisotopic (exact) mass is 356 g/mol. The predicted molar refractivity (Wildman–Crippen MR) is 103 cm³/mol. The number of nitrogens with zero attached hydrogens (tertiary/aromatic N) is 2. The zero-order chi connectivity index (χ0) is 17.1. The predicted octanol–water partition coefficient (Wildman–Crippen LogP) is 5.30. The van der Waals surface area contributed by atoms with E-state index >= 15 is 0 Å². The van der Waals surface area contributed by atoms with Gasteiger partial charge in [-0.15, -0.1) is 23.1 Å². The molecule has 0 saturated heterocycles. The van der Waals surface area contributed by atoms with E-state index < -0.39 is 0 Å². The molecule has 0 amide bonds. The maximum atomic E-state index is 11.2. The van der Waals surface area contributed by atoms with Crippen molar-refractivity contribution in [1.29, 1.82) is 0 Å². The number of hydrogen-bond donors (Lipinski definition) is 0. The van der Waals surface area contributed by atoms with Gasteiger partial charge in [-0.3, -0.25) is 4.79 Å². The minimum absolute atomic E-state index is 0.213. The molecule has 3 rings (SSSR count). The van der Waals surface area contributed by atoms with Crippen molar-refractivity contribution in [3.05, 3.63) is 41.0 Å². The molecule has 1 aromatic carbocycles. The summed E-state index contributed by atoms with van der Waals surface area (Å²) in [7, 11) is 0. The van der Waals surface area contributed by atoms with Crippen LogP contribution >= 0.6 is 23.1 Å². The maximum Gasteiger partial charge on any atom is 0.130 e. The Morgan fingerprint density at radius 2 is 1.96 bits per heavy atom. The molecule has 0 spiro atoms. The molecule has 3 aromatic rings. The topological polar surface area (TPSA) is 42.9 Å². The highest BCUT2D eigenvalue weighted by Gasteiger charge is 2.17. The largest absolute Gasteiger partial charge is 0.300 e. The van der Waals surface area contributed by atoms with Crippen LogP contribution < -0.4 is 0 Å². The zero-order valence-corrected chi connectivity index (χ0v) is 15.8. The van der Waals surface area contributed by atoms with Gasteiger partial charge in [0.05, 0.1) is 5.39 Å². The Morgan fingerprint density at radius 1 is 1.21 bits per heavy atom. The van der Waals surface area contributed by atoms with Crippen LogP contribution in [-0.2, 0) is 11.2 Å². The van der Waals surface area contributed by atoms with Crippen LogP contribution in [-0.4, -0.2) is 21.5 Å². The van der Waals surface area contributed by atoms with Crippen LogP contribution in [0.4, 0.5) is 0 Å². The summed E-state index contributed by atoms with van der Waals surface area (Å²) >= 11 is 3.35. The number of carbonyl (C=O) groups is 1. The molecule has 0 bridgehead atoms. The molecular weight excluding hydrogens is 336 g/mol. The molecule has 2 heterocycles. The number of carbonyl (C=O) groups excluding carboxylic acids is 1. The van der Waals surface area contributed by atoms with Gasteiger partial charge in [0.1, 0.15) is 22.0 Å². The van der Waals surface area contributed by atoms with Gasteiger partial charge in [0, 0.05) is 22.6 Å². The second-order valence-electron chi connectivity index (χ2n) is 5.74. The summed E-state index contributed by atoms with van der Waals surface area (Å²) in [5, 5.41) is 2.10. The Morgan fingerprint density at radius 3 is 2.62 bits per heavy atom. The lowest BCUT2D eigenvalue weighted by molar-refractivity contribution is -0.116. The molecule has 2 aromatic heterocycles. The van der Waals surface area contributed by atoms with Gasteiger partial charge in [-0.1, -0.05) is 31.2 Å². The average molecular weight is 357 g/mol. The first-order valence-corrected chi connectivity index (χ1v) is 9.86. The quantitative estimate of drug-likeness (QED) is 0.444. The Balaban J connectivity index is 2.05. The van der Waals surface area contributed by atoms with Crippen molar-refractivity contribution >= 4 is 39.1 Å². The van der Waals surface area contributed by atoms with Gasteiger partial charge in [0.2, 0.25) is 0 Å². The van der Waals surface area contributed by atoms with Crippen LogP contribution in [0.15, 0.2) is 35.6 Å². The Bertz CT molecular complexity index is 869. The second-order valence-corrected chi connectivity index (χ2v) is 8.03. The van der Waals surface area contributed by atoms with Crippen LogP contribution in [0.2, 0.25) is 0 Å². The second kappa shape index (κ2) is 7.45. The molecule has 0 unspecified atom stereocenters. The van der Waals surface area contributed by atoms with Crippen LogP contribution in [0, 0.1) is 6.92 Å². The third-order valence-corrected chi connectivity index (χ3v) is 5.98. The first-order chi connectivity index (χ1) is 11.6. The van der Waals surface area contributed by atoms with Crippen LogP contribution in [0.3, 0.4) is 0 Å². The van der Waals surface area contributed by atoms with Crippen molar-refractivity contribution < 1.29 is 4.79 Å². The van der Waals surface area contributed by atoms with E-state index in [1.54, 1.807) is 36.3 Å². The van der Waals surface area contributed by atoms with E-state index in [0.29, 0.717) is 6.42 Å². The number of thioether (sulfide) groups is 1. The smallest absolute Gasteiger partial charge is 0.130 e. The fourth-order valence-electron chi connectivity index (χ4n) is 2.67. The van der Waals surface area contributed by atoms with E-state index in [9.17, 15) is 4.79 Å². The summed E-state index contributed by atoms with van der Waals surface area (Å²) in [6, 6.07) is 8.74. The van der Waals surface area contributed by atoms with Gasteiger partial charge >= 0.3 is 0 Å². The van der Waals surface area contributed by atoms with E-state index in [4.69, 9.17) is 0 Å². The van der Waals surface area contributed by atoms with Gasteiger partial charge < -0.3 is 0 Å². The number of aromatic nitrogens is 2. The van der Waals surface area contributed by atoms with Crippen LogP contribution in [0.1, 0.15) is 30.7 Å². The Kier molecular flexibility index (Phi) is 5.31. The number of aryl methyl sites for hydroxylation is 2. The van der Waals surface area contributed by atoms with Gasteiger partial charge in [-0.25, -0.2) is 9.97 Å².